The number of aliphatic imine (C=N–C) groups is 2. The Balaban J connectivity index is 1.52. The lowest BCUT2D eigenvalue weighted by Gasteiger charge is -2.27. The van der Waals surface area contributed by atoms with Gasteiger partial charge >= 0.3 is 0 Å². The van der Waals surface area contributed by atoms with E-state index < -0.39 is 0 Å². The number of nitrogens with zero attached hydrogens (tertiary/aromatic N) is 3. The molecule has 2 aliphatic heterocycles. The van der Waals surface area contributed by atoms with Gasteiger partial charge in [-0.15, -0.1) is 4.59 Å². The third-order valence-corrected chi connectivity index (χ3v) is 5.04. The van der Waals surface area contributed by atoms with E-state index in [1.165, 1.54) is 0 Å². The van der Waals surface area contributed by atoms with Crippen molar-refractivity contribution in [2.75, 3.05) is 0 Å². The van der Waals surface area contributed by atoms with Crippen LogP contribution in [0.15, 0.2) is 106 Å². The molecule has 0 amide bonds. The Bertz CT molecular complexity index is 1150. The number of rotatable bonds is 4. The second-order valence-corrected chi connectivity index (χ2v) is 6.90. The smallest absolute Gasteiger partial charge is 0.265 e. The predicted octanol–water partition coefficient (Wildman–Crippen LogP) is 4.50. The molecule has 2 aromatic rings. The van der Waals surface area contributed by atoms with Gasteiger partial charge < -0.3 is 4.74 Å². The first-order valence-corrected chi connectivity index (χ1v) is 9.10. The summed E-state index contributed by atoms with van der Waals surface area (Å²) in [6.07, 6.45) is 11.4. The summed E-state index contributed by atoms with van der Waals surface area (Å²) in [5.41, 5.74) is 4.85. The maximum Gasteiger partial charge on any atom is 0.265 e. The molecular weight excluding hydrogens is 348 g/mol. The Hall–Kier alpha value is -3.54. The normalized spacial score (nSPS) is 21.9. The summed E-state index contributed by atoms with van der Waals surface area (Å²) < 4.78 is 5.97. The molecule has 1 unspecified atom stereocenters. The second kappa shape index (κ2) is 6.27. The number of ether oxygens (including phenoxy) is 1. The maximum absolute atomic E-state index is 6.77. The molecule has 0 spiro atoms. The highest BCUT2D eigenvalue weighted by atomic mass is 16.5. The Morgan fingerprint density at radius 3 is 2.57 bits per heavy atom. The van der Waals surface area contributed by atoms with Gasteiger partial charge in [-0.05, 0) is 42.8 Å². The lowest BCUT2D eigenvalue weighted by atomic mass is 10.0. The van der Waals surface area contributed by atoms with Crippen LogP contribution in [0.2, 0.25) is 0 Å². The number of nitrogens with two attached hydrogens (primary N) is 1. The quantitative estimate of drug-likeness (QED) is 0.639. The minimum Gasteiger partial charge on any atom is -0.457 e. The van der Waals surface area contributed by atoms with Gasteiger partial charge in [-0.1, -0.05) is 36.4 Å². The Labute approximate surface area is 163 Å². The molecule has 1 aliphatic carbocycles. The minimum atomic E-state index is 0.0176. The fraction of sp³-hybridized carbons (Fsp3) is 0.0435. The predicted molar refractivity (Wildman–Crippen MR) is 111 cm³/mol. The lowest BCUT2D eigenvalue weighted by Crippen LogP contribution is -2.53. The van der Waals surface area contributed by atoms with Crippen molar-refractivity contribution in [3.8, 4) is 11.5 Å². The first-order chi connectivity index (χ1) is 13.6. The Morgan fingerprint density at radius 1 is 1.04 bits per heavy atom. The van der Waals surface area contributed by atoms with E-state index in [1.54, 1.807) is 12.4 Å². The van der Waals surface area contributed by atoms with E-state index in [9.17, 15) is 0 Å². The van der Waals surface area contributed by atoms with Crippen LogP contribution in [0, 0.1) is 6.92 Å². The molecule has 2 aromatic carbocycles. The molecule has 5 heteroatoms. The summed E-state index contributed by atoms with van der Waals surface area (Å²) in [6, 6.07) is 15.7. The van der Waals surface area contributed by atoms with Crippen molar-refractivity contribution in [2.45, 2.75) is 6.92 Å². The Morgan fingerprint density at radius 2 is 1.86 bits per heavy atom. The topological polar surface area (TPSA) is 60.0 Å². The molecular formula is C23H19N4O+. The molecule has 2 heterocycles. The monoisotopic (exact) mass is 367 g/mol. The molecule has 0 saturated carbocycles. The summed E-state index contributed by atoms with van der Waals surface area (Å²) in [4.78, 5) is 9.18. The number of amidine groups is 1. The van der Waals surface area contributed by atoms with Crippen LogP contribution in [0.4, 0.5) is 0 Å². The first-order valence-electron chi connectivity index (χ1n) is 9.10. The largest absolute Gasteiger partial charge is 0.457 e. The van der Waals surface area contributed by atoms with Gasteiger partial charge in [0.1, 0.15) is 23.4 Å². The molecule has 28 heavy (non-hydrogen) atoms. The molecule has 3 aliphatic rings. The van der Waals surface area contributed by atoms with Crippen LogP contribution in [0.3, 0.4) is 0 Å². The highest BCUT2D eigenvalue weighted by Gasteiger charge is 2.45. The van der Waals surface area contributed by atoms with Crippen LogP contribution in [-0.4, -0.2) is 16.6 Å². The number of aryl methyl sites for hydroxylation is 1. The molecule has 0 radical (unpaired) electrons. The molecule has 0 fully saturated rings. The van der Waals surface area contributed by atoms with E-state index in [-0.39, 0.29) is 4.59 Å². The molecule has 5 rings (SSSR count). The molecule has 136 valence electrons. The number of para-hydroxylation sites is 1. The van der Waals surface area contributed by atoms with E-state index in [4.69, 9.17) is 15.6 Å². The molecule has 5 nitrogen and oxygen atoms in total. The maximum atomic E-state index is 6.77. The van der Waals surface area contributed by atoms with Crippen molar-refractivity contribution in [3.63, 3.8) is 0 Å². The van der Waals surface area contributed by atoms with Crippen LogP contribution >= 0.6 is 0 Å². The van der Waals surface area contributed by atoms with Crippen LogP contribution in [0.1, 0.15) is 11.1 Å². The molecule has 2 N–H and O–H groups in total. The number of allylic oxidation sites excluding steroid dienone is 4. The van der Waals surface area contributed by atoms with E-state index in [0.717, 1.165) is 45.4 Å². The van der Waals surface area contributed by atoms with Crippen LogP contribution in [0.25, 0.3) is 0 Å². The SMILES string of the molecule is Cc1cc(Oc2ccccc2)ccc1C1=NC(C2=CC=C2)=C2C=NC=C[N+]12N. The van der Waals surface area contributed by atoms with Crippen molar-refractivity contribution in [1.82, 2.24) is 0 Å². The number of hydrogen-bond acceptors (Lipinski definition) is 4. The lowest BCUT2D eigenvalue weighted by molar-refractivity contribution is -0.750. The molecule has 0 saturated heterocycles. The summed E-state index contributed by atoms with van der Waals surface area (Å²) >= 11 is 0. The first kappa shape index (κ1) is 16.6. The van der Waals surface area contributed by atoms with Crippen molar-refractivity contribution in [3.05, 3.63) is 107 Å². The minimum absolute atomic E-state index is 0.0176. The summed E-state index contributed by atoms with van der Waals surface area (Å²) in [5, 5.41) is 0. The van der Waals surface area contributed by atoms with Gasteiger partial charge in [-0.2, -0.15) is 10.8 Å². The number of fused-ring (bicyclic) bond motifs is 1. The fourth-order valence-electron chi connectivity index (χ4n) is 3.50. The average Bonchev–Trinajstić information content (AvgIpc) is 2.94. The van der Waals surface area contributed by atoms with E-state index in [2.05, 4.69) is 4.99 Å². The van der Waals surface area contributed by atoms with E-state index in [0.29, 0.717) is 0 Å². The van der Waals surface area contributed by atoms with Gasteiger partial charge in [-0.25, -0.2) is 0 Å². The van der Waals surface area contributed by atoms with Gasteiger partial charge in [0.05, 0.1) is 18.0 Å². The van der Waals surface area contributed by atoms with Crippen LogP contribution in [-0.2, 0) is 0 Å². The number of benzene rings is 2. The standard InChI is InChI=1S/C23H19N4O/c1-16-14-19(28-18-8-3-2-4-9-18)10-11-20(16)23-26-22(17-6-5-7-17)21-15-25-12-13-27(21,23)24/h2-15H,24H2,1H3/q+1. The summed E-state index contributed by atoms with van der Waals surface area (Å²) in [6.45, 7) is 2.05. The number of quaternary nitrogens is 1. The van der Waals surface area contributed by atoms with Gasteiger partial charge in [0.25, 0.3) is 5.84 Å². The van der Waals surface area contributed by atoms with Crippen LogP contribution < -0.4 is 10.6 Å². The van der Waals surface area contributed by atoms with Gasteiger partial charge in [0.2, 0.25) is 5.70 Å². The van der Waals surface area contributed by atoms with Crippen molar-refractivity contribution in [2.24, 2.45) is 15.8 Å². The molecule has 1 atom stereocenters. The summed E-state index contributed by atoms with van der Waals surface area (Å²) in [5.74, 6) is 9.13. The highest BCUT2D eigenvalue weighted by Crippen LogP contribution is 2.37. The van der Waals surface area contributed by atoms with Crippen LogP contribution in [0.5, 0.6) is 11.5 Å². The second-order valence-electron chi connectivity index (χ2n) is 6.90. The zero-order valence-electron chi connectivity index (χ0n) is 15.4. The highest BCUT2D eigenvalue weighted by molar-refractivity contribution is 6.02. The van der Waals surface area contributed by atoms with Gasteiger partial charge in [0, 0.05) is 5.57 Å². The molecule has 0 bridgehead atoms. The number of hydrogen-bond donors (Lipinski definition) is 1. The summed E-state index contributed by atoms with van der Waals surface area (Å²) in [7, 11) is 0. The van der Waals surface area contributed by atoms with Crippen molar-refractivity contribution < 1.29 is 9.33 Å². The third-order valence-electron chi connectivity index (χ3n) is 5.04. The van der Waals surface area contributed by atoms with Crippen molar-refractivity contribution in [1.29, 1.82) is 0 Å². The average molecular weight is 367 g/mol. The molecule has 0 aromatic heterocycles. The third kappa shape index (κ3) is 2.57. The van der Waals surface area contributed by atoms with E-state index in [1.807, 2.05) is 79.9 Å². The zero-order chi connectivity index (χ0) is 19.1. The van der Waals surface area contributed by atoms with Gasteiger partial charge in [0.15, 0.2) is 0 Å². The Kier molecular flexibility index (Phi) is 3.72. The van der Waals surface area contributed by atoms with E-state index >= 15 is 0 Å². The van der Waals surface area contributed by atoms with Crippen molar-refractivity contribution >= 4 is 12.1 Å². The zero-order valence-corrected chi connectivity index (χ0v) is 15.4. The van der Waals surface area contributed by atoms with Gasteiger partial charge in [-0.3, -0.25) is 4.99 Å². The fourth-order valence-corrected chi connectivity index (χ4v) is 3.50.